The molecule has 0 aromatic heterocycles. The third-order valence-corrected chi connectivity index (χ3v) is 2.82. The van der Waals surface area contributed by atoms with Gasteiger partial charge < -0.3 is 11.0 Å². The maximum atomic E-state index is 11.7. The van der Waals surface area contributed by atoms with Gasteiger partial charge in [0.1, 0.15) is 0 Å². The van der Waals surface area contributed by atoms with Crippen LogP contribution in [0.5, 0.6) is 0 Å². The van der Waals surface area contributed by atoms with Gasteiger partial charge in [-0.25, -0.2) is 0 Å². The van der Waals surface area contributed by atoms with Crippen molar-refractivity contribution in [2.45, 2.75) is 6.42 Å². The molecule has 0 aliphatic heterocycles. The first kappa shape index (κ1) is 16.7. The van der Waals surface area contributed by atoms with E-state index in [0.29, 0.717) is 6.42 Å². The standard InChI is InChI=1S/C14H10O.2O.Ti/c15-14-7-3-6-12-8-10-4-1-2-5-11(10)9-13(12)14;;;/h1-6,8-9H,7H2;;;/q;2*-2;+4. The molecule has 2 aromatic carbocycles. The molecule has 0 fully saturated rings. The summed E-state index contributed by atoms with van der Waals surface area (Å²) in [5, 5.41) is 2.33. The molecular weight excluding hydrogens is 264 g/mol. The molecule has 0 saturated heterocycles. The summed E-state index contributed by atoms with van der Waals surface area (Å²) in [6, 6.07) is 12.2. The van der Waals surface area contributed by atoms with Gasteiger partial charge in [-0.1, -0.05) is 36.4 Å². The van der Waals surface area contributed by atoms with Gasteiger partial charge >= 0.3 is 21.7 Å². The van der Waals surface area contributed by atoms with Crippen LogP contribution in [0.1, 0.15) is 22.3 Å². The third-order valence-electron chi connectivity index (χ3n) is 2.82. The van der Waals surface area contributed by atoms with E-state index in [0.717, 1.165) is 16.5 Å². The van der Waals surface area contributed by atoms with Crippen LogP contribution in [-0.4, -0.2) is 5.78 Å². The maximum Gasteiger partial charge on any atom is 4.00 e. The Balaban J connectivity index is 0.000000963. The van der Waals surface area contributed by atoms with Crippen LogP contribution in [0, 0.1) is 0 Å². The van der Waals surface area contributed by atoms with Crippen LogP contribution in [0.25, 0.3) is 16.8 Å². The molecule has 3 rings (SSSR count). The van der Waals surface area contributed by atoms with E-state index in [1.807, 2.05) is 36.4 Å². The average Bonchev–Trinajstić information content (AvgIpc) is 2.27. The van der Waals surface area contributed by atoms with Crippen molar-refractivity contribution in [2.24, 2.45) is 0 Å². The molecule has 0 bridgehead atoms. The number of benzene rings is 2. The van der Waals surface area contributed by atoms with Gasteiger partial charge in [0, 0.05) is 12.0 Å². The summed E-state index contributed by atoms with van der Waals surface area (Å²) < 4.78 is 0. The summed E-state index contributed by atoms with van der Waals surface area (Å²) in [6.07, 6.45) is 4.49. The molecule has 0 saturated carbocycles. The second-order valence-electron chi connectivity index (χ2n) is 3.82. The van der Waals surface area contributed by atoms with Gasteiger partial charge in [-0.3, -0.25) is 4.79 Å². The molecule has 0 amide bonds. The largest absolute Gasteiger partial charge is 4.00 e. The second-order valence-corrected chi connectivity index (χ2v) is 3.82. The second kappa shape index (κ2) is 6.62. The van der Waals surface area contributed by atoms with Crippen LogP contribution in [0.3, 0.4) is 0 Å². The van der Waals surface area contributed by atoms with E-state index < -0.39 is 0 Å². The van der Waals surface area contributed by atoms with Gasteiger partial charge in [-0.15, -0.1) is 0 Å². The Morgan fingerprint density at radius 1 is 0.944 bits per heavy atom. The van der Waals surface area contributed by atoms with Gasteiger partial charge in [0.15, 0.2) is 5.78 Å². The number of carbonyl (C=O) groups is 1. The van der Waals surface area contributed by atoms with E-state index in [4.69, 9.17) is 0 Å². The summed E-state index contributed by atoms with van der Waals surface area (Å²) >= 11 is 0. The number of Topliss-reactive ketones (excluding diaryl/α,β-unsaturated/α-hetero) is 1. The van der Waals surface area contributed by atoms with E-state index in [9.17, 15) is 4.79 Å². The smallest absolute Gasteiger partial charge is 2.00 e. The number of rotatable bonds is 0. The number of ketones is 1. The van der Waals surface area contributed by atoms with Crippen molar-refractivity contribution in [1.82, 2.24) is 0 Å². The quantitative estimate of drug-likeness (QED) is 0.679. The van der Waals surface area contributed by atoms with E-state index in [1.54, 1.807) is 0 Å². The van der Waals surface area contributed by atoms with Gasteiger partial charge in [0.05, 0.1) is 0 Å². The predicted octanol–water partition coefficient (Wildman–Crippen LogP) is 3.20. The van der Waals surface area contributed by atoms with Gasteiger partial charge in [-0.05, 0) is 28.5 Å². The zero-order valence-corrected chi connectivity index (χ0v) is 11.1. The average molecular weight is 274 g/mol. The molecule has 0 heterocycles. The normalized spacial score (nSPS) is 11.9. The van der Waals surface area contributed by atoms with E-state index in [1.165, 1.54) is 5.39 Å². The van der Waals surface area contributed by atoms with Crippen molar-refractivity contribution >= 4 is 22.6 Å². The molecule has 0 N–H and O–H groups in total. The first-order valence-corrected chi connectivity index (χ1v) is 5.07. The van der Waals surface area contributed by atoms with Crippen molar-refractivity contribution in [2.75, 3.05) is 0 Å². The number of hydrogen-bond donors (Lipinski definition) is 0. The molecule has 0 radical (unpaired) electrons. The molecule has 0 unspecified atom stereocenters. The summed E-state index contributed by atoms with van der Waals surface area (Å²) in [6.45, 7) is 0. The van der Waals surface area contributed by atoms with Crippen LogP contribution in [0.4, 0.5) is 0 Å². The van der Waals surface area contributed by atoms with Crippen molar-refractivity contribution in [1.29, 1.82) is 0 Å². The molecule has 1 aliphatic rings. The van der Waals surface area contributed by atoms with Crippen molar-refractivity contribution in [3.05, 3.63) is 53.6 Å². The molecule has 0 atom stereocenters. The minimum Gasteiger partial charge on any atom is -2.00 e. The molecule has 0 spiro atoms. The van der Waals surface area contributed by atoms with E-state index in [2.05, 4.69) is 12.1 Å². The number of allylic oxidation sites excluding steroid dienone is 1. The third kappa shape index (κ3) is 2.76. The Morgan fingerprint density at radius 3 is 2.22 bits per heavy atom. The first-order valence-electron chi connectivity index (χ1n) is 5.07. The molecule has 1 aliphatic carbocycles. The first-order chi connectivity index (χ1) is 7.34. The number of carbonyl (C=O) groups excluding carboxylic acids is 1. The van der Waals surface area contributed by atoms with Crippen LogP contribution >= 0.6 is 0 Å². The Kier molecular flexibility index (Phi) is 6.15. The molecule has 18 heavy (non-hydrogen) atoms. The van der Waals surface area contributed by atoms with Gasteiger partial charge in [0.2, 0.25) is 0 Å². The SMILES string of the molecule is O=C1CC=Cc2cc3ccccc3cc21.[O-2].[O-2].[Ti+4]. The molecule has 4 heteroatoms. The molecule has 88 valence electrons. The Morgan fingerprint density at radius 2 is 1.56 bits per heavy atom. The Hall–Kier alpha value is -1.26. The van der Waals surface area contributed by atoms with Crippen LogP contribution in [0.15, 0.2) is 42.5 Å². The molecule has 3 nitrogen and oxygen atoms in total. The Bertz CT molecular complexity index is 591. The predicted molar refractivity (Wildman–Crippen MR) is 63.3 cm³/mol. The summed E-state index contributed by atoms with van der Waals surface area (Å²) in [4.78, 5) is 11.7. The fraction of sp³-hybridized carbons (Fsp3) is 0.0714. The summed E-state index contributed by atoms with van der Waals surface area (Å²) in [5.41, 5.74) is 1.90. The zero-order chi connectivity index (χ0) is 10.3. The maximum absolute atomic E-state index is 11.7. The fourth-order valence-corrected chi connectivity index (χ4v) is 2.04. The summed E-state index contributed by atoms with van der Waals surface area (Å²) in [7, 11) is 0. The zero-order valence-electron chi connectivity index (χ0n) is 9.55. The minimum absolute atomic E-state index is 0. The minimum atomic E-state index is 0. The van der Waals surface area contributed by atoms with Crippen molar-refractivity contribution in [3.8, 4) is 0 Å². The fourth-order valence-electron chi connectivity index (χ4n) is 2.04. The molecule has 2 aromatic rings. The number of hydrogen-bond acceptors (Lipinski definition) is 1. The van der Waals surface area contributed by atoms with Gasteiger partial charge in [-0.2, -0.15) is 0 Å². The molecular formula is C14H10O3Ti. The van der Waals surface area contributed by atoms with Crippen LogP contribution < -0.4 is 0 Å². The van der Waals surface area contributed by atoms with Crippen LogP contribution in [-0.2, 0) is 32.7 Å². The topological polar surface area (TPSA) is 74.1 Å². The van der Waals surface area contributed by atoms with Crippen LogP contribution in [0.2, 0.25) is 0 Å². The van der Waals surface area contributed by atoms with E-state index in [-0.39, 0.29) is 38.5 Å². The number of fused-ring (bicyclic) bond motifs is 2. The van der Waals surface area contributed by atoms with Crippen molar-refractivity contribution < 1.29 is 37.5 Å². The summed E-state index contributed by atoms with van der Waals surface area (Å²) in [5.74, 6) is 0.221. The van der Waals surface area contributed by atoms with Gasteiger partial charge in [0.25, 0.3) is 0 Å². The monoisotopic (exact) mass is 274 g/mol. The van der Waals surface area contributed by atoms with Crippen molar-refractivity contribution in [3.63, 3.8) is 0 Å². The Labute approximate surface area is 120 Å². The van der Waals surface area contributed by atoms with E-state index >= 15 is 0 Å².